The van der Waals surface area contributed by atoms with E-state index in [9.17, 15) is 0 Å². The van der Waals surface area contributed by atoms with E-state index in [-0.39, 0.29) is 35.1 Å². The average Bonchev–Trinajstić information content (AvgIpc) is 2.16. The van der Waals surface area contributed by atoms with Gasteiger partial charge in [-0.05, 0) is 17.2 Å². The molecule has 72 valence electrons. The summed E-state index contributed by atoms with van der Waals surface area (Å²) in [5.41, 5.74) is 5.94. The molecular formula is C9H13N2NaS2. The fourth-order valence-electron chi connectivity index (χ4n) is 1.28. The molecule has 1 rings (SSSR count). The zero-order valence-electron chi connectivity index (χ0n) is 8.54. The van der Waals surface area contributed by atoms with Crippen LogP contribution in [0.5, 0.6) is 0 Å². The largest absolute Gasteiger partial charge is 1.00 e. The van der Waals surface area contributed by atoms with Crippen LogP contribution >= 0.6 is 12.2 Å². The first kappa shape index (κ1) is 14.6. The molecular weight excluding hydrogens is 223 g/mol. The molecule has 0 bridgehead atoms. The van der Waals surface area contributed by atoms with Crippen molar-refractivity contribution in [3.05, 3.63) is 24.3 Å². The van der Waals surface area contributed by atoms with Crippen LogP contribution < -0.4 is 40.4 Å². The van der Waals surface area contributed by atoms with Crippen LogP contribution in [0.3, 0.4) is 0 Å². The minimum absolute atomic E-state index is 0. The molecule has 0 fully saturated rings. The summed E-state index contributed by atoms with van der Waals surface area (Å²) in [6.45, 7) is 2.13. The van der Waals surface area contributed by atoms with Gasteiger partial charge in [-0.1, -0.05) is 31.2 Å². The van der Waals surface area contributed by atoms with Crippen molar-refractivity contribution in [1.82, 2.24) is 10.9 Å². The summed E-state index contributed by atoms with van der Waals surface area (Å²) < 4.78 is 0.357. The summed E-state index contributed by atoms with van der Waals surface area (Å²) in [4.78, 5) is 0. The van der Waals surface area contributed by atoms with Crippen LogP contribution in [0.25, 0.3) is 0 Å². The van der Waals surface area contributed by atoms with Crippen molar-refractivity contribution in [1.29, 1.82) is 0 Å². The summed E-state index contributed by atoms with van der Waals surface area (Å²) in [7, 11) is 0. The Hall–Kier alpha value is 0.550. The van der Waals surface area contributed by atoms with Crippen molar-refractivity contribution in [3.63, 3.8) is 0 Å². The quantitative estimate of drug-likeness (QED) is 0.272. The fourth-order valence-corrected chi connectivity index (χ4v) is 1.39. The molecule has 1 unspecified atom stereocenters. The van der Waals surface area contributed by atoms with Crippen molar-refractivity contribution in [2.75, 3.05) is 0 Å². The first-order valence-electron chi connectivity index (χ1n) is 4.27. The van der Waals surface area contributed by atoms with Gasteiger partial charge in [0.25, 0.3) is 0 Å². The fraction of sp³-hybridized carbons (Fsp3) is 0.444. The van der Waals surface area contributed by atoms with Crippen molar-refractivity contribution in [2.24, 2.45) is 0 Å². The first-order valence-corrected chi connectivity index (χ1v) is 5.09. The standard InChI is InChI=1S/C9H14N2S2.Na/c1-2-9(11-10-8(12)13)6-4-3-5-7-9;/h3-6,11H,2,7H2,1H3,(H2,10,12,13);/q;+1/p-1. The van der Waals surface area contributed by atoms with E-state index in [0.717, 1.165) is 12.8 Å². The summed E-state index contributed by atoms with van der Waals surface area (Å²) in [5, 5.41) is 0. The molecule has 0 aromatic heterocycles. The maximum Gasteiger partial charge on any atom is 1.00 e. The van der Waals surface area contributed by atoms with E-state index < -0.39 is 0 Å². The Morgan fingerprint density at radius 2 is 2.29 bits per heavy atom. The summed E-state index contributed by atoms with van der Waals surface area (Å²) in [6.07, 6.45) is 10.3. The van der Waals surface area contributed by atoms with E-state index in [2.05, 4.69) is 29.9 Å². The summed E-state index contributed by atoms with van der Waals surface area (Å²) in [6, 6.07) is 0. The van der Waals surface area contributed by atoms with E-state index in [4.69, 9.17) is 24.8 Å². The third-order valence-corrected chi connectivity index (χ3v) is 2.39. The molecule has 0 spiro atoms. The Balaban J connectivity index is 0.00000169. The molecule has 14 heavy (non-hydrogen) atoms. The predicted octanol–water partition coefficient (Wildman–Crippen LogP) is -1.42. The molecule has 1 atom stereocenters. The minimum Gasteiger partial charge on any atom is -0.410 e. The second-order valence-corrected chi connectivity index (χ2v) is 4.11. The van der Waals surface area contributed by atoms with Gasteiger partial charge in [0.15, 0.2) is 0 Å². The van der Waals surface area contributed by atoms with Crippen LogP contribution in [0, 0.1) is 0 Å². The predicted molar refractivity (Wildman–Crippen MR) is 62.2 cm³/mol. The van der Waals surface area contributed by atoms with Crippen molar-refractivity contribution in [3.8, 4) is 0 Å². The van der Waals surface area contributed by atoms with Gasteiger partial charge in [0.05, 0.1) is 5.54 Å². The normalized spacial score (nSPS) is 24.1. The van der Waals surface area contributed by atoms with E-state index >= 15 is 0 Å². The molecule has 0 saturated carbocycles. The van der Waals surface area contributed by atoms with E-state index in [1.54, 1.807) is 0 Å². The number of rotatable bonds is 3. The average molecular weight is 236 g/mol. The Bertz CT molecular complexity index is 253. The van der Waals surface area contributed by atoms with Gasteiger partial charge in [-0.15, -0.1) is 0 Å². The van der Waals surface area contributed by atoms with Crippen LogP contribution in [0.4, 0.5) is 0 Å². The zero-order chi connectivity index (χ0) is 9.73. The third-order valence-electron chi connectivity index (χ3n) is 2.19. The molecule has 0 amide bonds. The number of thiocarbonyl (C=S) groups is 1. The van der Waals surface area contributed by atoms with Crippen LogP contribution in [0.15, 0.2) is 24.3 Å². The van der Waals surface area contributed by atoms with Crippen molar-refractivity contribution < 1.29 is 29.6 Å². The Morgan fingerprint density at radius 3 is 2.71 bits per heavy atom. The second kappa shape index (κ2) is 6.93. The number of hydrogen-bond donors (Lipinski definition) is 2. The number of hydrazine groups is 1. The second-order valence-electron chi connectivity index (χ2n) is 3.04. The molecule has 0 aromatic rings. The Morgan fingerprint density at radius 1 is 1.57 bits per heavy atom. The number of nitrogens with one attached hydrogen (secondary N) is 2. The van der Waals surface area contributed by atoms with Crippen LogP contribution in [-0.4, -0.2) is 9.86 Å². The van der Waals surface area contributed by atoms with Gasteiger partial charge in [-0.2, -0.15) is 0 Å². The Labute approximate surface area is 118 Å². The molecule has 1 aliphatic carbocycles. The topological polar surface area (TPSA) is 24.1 Å². The van der Waals surface area contributed by atoms with E-state index in [1.165, 1.54) is 0 Å². The molecule has 0 saturated heterocycles. The molecule has 0 aromatic carbocycles. The van der Waals surface area contributed by atoms with Gasteiger partial charge in [0.2, 0.25) is 0 Å². The smallest absolute Gasteiger partial charge is 0.410 e. The molecule has 0 heterocycles. The summed E-state index contributed by atoms with van der Waals surface area (Å²) in [5.74, 6) is 0. The van der Waals surface area contributed by atoms with Gasteiger partial charge < -0.3 is 30.3 Å². The molecule has 5 heteroatoms. The van der Waals surface area contributed by atoms with Gasteiger partial charge >= 0.3 is 29.6 Å². The molecule has 2 N–H and O–H groups in total. The first-order chi connectivity index (χ1) is 6.18. The summed E-state index contributed by atoms with van der Waals surface area (Å²) >= 11 is 9.52. The maximum atomic E-state index is 4.76. The van der Waals surface area contributed by atoms with Gasteiger partial charge in [-0.3, -0.25) is 0 Å². The minimum atomic E-state index is -0.0301. The van der Waals surface area contributed by atoms with Gasteiger partial charge in [-0.25, -0.2) is 5.43 Å². The third kappa shape index (κ3) is 4.38. The number of hydrogen-bond acceptors (Lipinski definition) is 3. The Kier molecular flexibility index (Phi) is 7.20. The van der Waals surface area contributed by atoms with Gasteiger partial charge in [0, 0.05) is 0 Å². The molecule has 0 aliphatic heterocycles. The molecule has 1 aliphatic rings. The SMILES string of the molecule is CCC1(NNC(=S)[S-])C=CC=CC1.[Na+]. The van der Waals surface area contributed by atoms with Crippen LogP contribution in [0.1, 0.15) is 19.8 Å². The maximum absolute atomic E-state index is 4.76. The van der Waals surface area contributed by atoms with Crippen LogP contribution in [0.2, 0.25) is 0 Å². The molecule has 0 radical (unpaired) electrons. The molecule has 2 nitrogen and oxygen atoms in total. The zero-order valence-corrected chi connectivity index (χ0v) is 12.2. The van der Waals surface area contributed by atoms with Gasteiger partial charge in [0.1, 0.15) is 0 Å². The monoisotopic (exact) mass is 236 g/mol. The van der Waals surface area contributed by atoms with Crippen LogP contribution in [-0.2, 0) is 12.6 Å². The van der Waals surface area contributed by atoms with E-state index in [0.29, 0.717) is 4.32 Å². The van der Waals surface area contributed by atoms with Crippen molar-refractivity contribution >= 4 is 29.2 Å². The van der Waals surface area contributed by atoms with E-state index in [1.807, 2.05) is 12.2 Å². The van der Waals surface area contributed by atoms with Crippen molar-refractivity contribution in [2.45, 2.75) is 25.3 Å². The number of allylic oxidation sites excluding steroid dienone is 2.